The second kappa shape index (κ2) is 5.81. The van der Waals surface area contributed by atoms with Gasteiger partial charge in [0.2, 0.25) is 0 Å². The van der Waals surface area contributed by atoms with Crippen LogP contribution < -0.4 is 5.73 Å². The van der Waals surface area contributed by atoms with Crippen molar-refractivity contribution in [2.75, 3.05) is 6.54 Å². The quantitative estimate of drug-likeness (QED) is 0.670. The zero-order valence-electron chi connectivity index (χ0n) is 10.1. The van der Waals surface area contributed by atoms with Crippen molar-refractivity contribution in [3.8, 4) is 0 Å². The molecule has 0 aliphatic rings. The third kappa shape index (κ3) is 3.30. The van der Waals surface area contributed by atoms with E-state index in [4.69, 9.17) is 17.3 Å². The van der Waals surface area contributed by atoms with Gasteiger partial charge in [0.25, 0.3) is 5.69 Å². The number of hydrogen-bond donors (Lipinski definition) is 1. The van der Waals surface area contributed by atoms with Crippen LogP contribution in [0.15, 0.2) is 30.6 Å². The van der Waals surface area contributed by atoms with E-state index in [0.717, 1.165) is 12.0 Å². The topological polar surface area (TPSA) is 87.0 Å². The van der Waals surface area contributed by atoms with Gasteiger partial charge in [0.05, 0.1) is 23.2 Å². The predicted molar refractivity (Wildman–Crippen MR) is 72.2 cm³/mol. The molecule has 100 valence electrons. The van der Waals surface area contributed by atoms with Crippen LogP contribution in [0.4, 0.5) is 5.69 Å². The van der Waals surface area contributed by atoms with E-state index in [-0.39, 0.29) is 5.69 Å². The number of aromatic nitrogens is 2. The number of nitro groups is 1. The molecule has 1 aromatic heterocycles. The second-order valence-electron chi connectivity index (χ2n) is 4.11. The second-order valence-corrected chi connectivity index (χ2v) is 4.55. The van der Waals surface area contributed by atoms with Crippen LogP contribution in [0.2, 0.25) is 5.02 Å². The summed E-state index contributed by atoms with van der Waals surface area (Å²) in [5.74, 6) is 0. The minimum Gasteiger partial charge on any atom is -0.330 e. The van der Waals surface area contributed by atoms with Crippen LogP contribution in [-0.2, 0) is 13.0 Å². The fraction of sp³-hybridized carbons (Fsp3) is 0.250. The molecule has 2 aromatic rings. The fourth-order valence-electron chi connectivity index (χ4n) is 1.80. The summed E-state index contributed by atoms with van der Waals surface area (Å²) in [7, 11) is 0. The SMILES string of the molecule is NCCc1cnn(Cc2ccc(Cl)cc2[N+](=O)[O-])c1. The zero-order valence-corrected chi connectivity index (χ0v) is 10.9. The lowest BCUT2D eigenvalue weighted by Crippen LogP contribution is -2.04. The molecule has 0 aliphatic heterocycles. The van der Waals surface area contributed by atoms with Gasteiger partial charge in [-0.2, -0.15) is 5.10 Å². The highest BCUT2D eigenvalue weighted by Gasteiger charge is 2.14. The predicted octanol–water partition coefficient (Wildman–Crippen LogP) is 1.99. The highest BCUT2D eigenvalue weighted by atomic mass is 35.5. The van der Waals surface area contributed by atoms with Crippen molar-refractivity contribution in [1.82, 2.24) is 9.78 Å². The van der Waals surface area contributed by atoms with E-state index in [9.17, 15) is 10.1 Å². The van der Waals surface area contributed by atoms with E-state index in [2.05, 4.69) is 5.10 Å². The highest BCUT2D eigenvalue weighted by Crippen LogP contribution is 2.23. The molecule has 1 aromatic carbocycles. The maximum Gasteiger partial charge on any atom is 0.275 e. The van der Waals surface area contributed by atoms with Crippen LogP contribution >= 0.6 is 11.6 Å². The number of nitrogens with two attached hydrogens (primary N) is 1. The van der Waals surface area contributed by atoms with Crippen molar-refractivity contribution in [3.63, 3.8) is 0 Å². The molecule has 0 saturated heterocycles. The molecule has 0 spiro atoms. The average molecular weight is 281 g/mol. The number of benzene rings is 1. The summed E-state index contributed by atoms with van der Waals surface area (Å²) in [6.45, 7) is 0.880. The lowest BCUT2D eigenvalue weighted by Gasteiger charge is -2.03. The Bertz CT molecular complexity index is 597. The van der Waals surface area contributed by atoms with Crippen molar-refractivity contribution in [2.45, 2.75) is 13.0 Å². The van der Waals surface area contributed by atoms with Crippen molar-refractivity contribution in [2.24, 2.45) is 5.73 Å². The molecule has 0 amide bonds. The third-order valence-corrected chi connectivity index (χ3v) is 2.93. The molecule has 7 heteroatoms. The van der Waals surface area contributed by atoms with Crippen molar-refractivity contribution in [3.05, 3.63) is 56.9 Å². The molecule has 1 heterocycles. The fourth-order valence-corrected chi connectivity index (χ4v) is 1.97. The van der Waals surface area contributed by atoms with Crippen molar-refractivity contribution >= 4 is 17.3 Å². The molecule has 2 N–H and O–H groups in total. The summed E-state index contributed by atoms with van der Waals surface area (Å²) in [6, 6.07) is 4.63. The summed E-state index contributed by atoms with van der Waals surface area (Å²) in [5.41, 5.74) is 7.04. The van der Waals surface area contributed by atoms with Crippen molar-refractivity contribution < 1.29 is 4.92 Å². The Kier molecular flexibility index (Phi) is 4.13. The van der Waals surface area contributed by atoms with Gasteiger partial charge in [0.1, 0.15) is 0 Å². The third-order valence-electron chi connectivity index (χ3n) is 2.70. The molecule has 0 bridgehead atoms. The molecule has 2 rings (SSSR count). The largest absolute Gasteiger partial charge is 0.330 e. The van der Waals surface area contributed by atoms with Gasteiger partial charge in [0.15, 0.2) is 0 Å². The first-order valence-corrected chi connectivity index (χ1v) is 6.12. The van der Waals surface area contributed by atoms with E-state index in [1.54, 1.807) is 23.0 Å². The Morgan fingerprint density at radius 3 is 2.95 bits per heavy atom. The lowest BCUT2D eigenvalue weighted by molar-refractivity contribution is -0.385. The first-order valence-electron chi connectivity index (χ1n) is 5.74. The standard InChI is InChI=1S/C12H13ClN4O2/c13-11-2-1-10(12(5-11)17(18)19)8-16-7-9(3-4-14)6-15-16/h1-2,5-7H,3-4,8,14H2. The van der Waals surface area contributed by atoms with Crippen LogP contribution in [-0.4, -0.2) is 21.2 Å². The number of nitrogens with zero attached hydrogens (tertiary/aromatic N) is 3. The maximum absolute atomic E-state index is 11.0. The smallest absolute Gasteiger partial charge is 0.275 e. The molecule has 0 atom stereocenters. The number of hydrogen-bond acceptors (Lipinski definition) is 4. The first kappa shape index (κ1) is 13.5. The molecule has 6 nitrogen and oxygen atoms in total. The molecular weight excluding hydrogens is 268 g/mol. The average Bonchev–Trinajstić information content (AvgIpc) is 2.79. The van der Waals surface area contributed by atoms with Gasteiger partial charge in [-0.3, -0.25) is 14.8 Å². The van der Waals surface area contributed by atoms with Crippen LogP contribution in [0.3, 0.4) is 0 Å². The molecule has 0 saturated carbocycles. The Morgan fingerprint density at radius 1 is 1.47 bits per heavy atom. The maximum atomic E-state index is 11.0. The molecule has 0 unspecified atom stereocenters. The minimum absolute atomic E-state index is 0.00312. The summed E-state index contributed by atoms with van der Waals surface area (Å²) in [5, 5.41) is 15.5. The lowest BCUT2D eigenvalue weighted by atomic mass is 10.2. The summed E-state index contributed by atoms with van der Waals surface area (Å²) in [4.78, 5) is 10.5. The molecule has 19 heavy (non-hydrogen) atoms. The number of rotatable bonds is 5. The van der Waals surface area contributed by atoms with E-state index < -0.39 is 4.92 Å². The van der Waals surface area contributed by atoms with E-state index >= 15 is 0 Å². The molecule has 0 fully saturated rings. The highest BCUT2D eigenvalue weighted by molar-refractivity contribution is 6.30. The van der Waals surface area contributed by atoms with Gasteiger partial charge in [-0.25, -0.2) is 0 Å². The number of nitro benzene ring substituents is 1. The Hall–Kier alpha value is -1.92. The first-order chi connectivity index (χ1) is 9.10. The monoisotopic (exact) mass is 280 g/mol. The van der Waals surface area contributed by atoms with Crippen LogP contribution in [0.25, 0.3) is 0 Å². The summed E-state index contributed by atoms with van der Waals surface area (Å²) >= 11 is 5.77. The summed E-state index contributed by atoms with van der Waals surface area (Å²) < 4.78 is 1.65. The van der Waals surface area contributed by atoms with E-state index in [1.807, 2.05) is 6.20 Å². The summed E-state index contributed by atoms with van der Waals surface area (Å²) in [6.07, 6.45) is 4.29. The number of halogens is 1. The zero-order chi connectivity index (χ0) is 13.8. The van der Waals surface area contributed by atoms with Gasteiger partial charge in [-0.05, 0) is 30.7 Å². The Labute approximate surface area is 114 Å². The Balaban J connectivity index is 2.24. The van der Waals surface area contributed by atoms with Gasteiger partial charge in [-0.1, -0.05) is 11.6 Å². The van der Waals surface area contributed by atoms with Gasteiger partial charge in [0, 0.05) is 17.3 Å². The molecular formula is C12H13ClN4O2. The van der Waals surface area contributed by atoms with Gasteiger partial charge in [-0.15, -0.1) is 0 Å². The van der Waals surface area contributed by atoms with E-state index in [1.165, 1.54) is 6.07 Å². The van der Waals surface area contributed by atoms with Crippen LogP contribution in [0.1, 0.15) is 11.1 Å². The molecule has 0 aliphatic carbocycles. The van der Waals surface area contributed by atoms with Crippen LogP contribution in [0.5, 0.6) is 0 Å². The van der Waals surface area contributed by atoms with Crippen LogP contribution in [0, 0.1) is 10.1 Å². The Morgan fingerprint density at radius 2 is 2.26 bits per heavy atom. The van der Waals surface area contributed by atoms with Gasteiger partial charge < -0.3 is 5.73 Å². The van der Waals surface area contributed by atoms with Gasteiger partial charge >= 0.3 is 0 Å². The molecule has 0 radical (unpaired) electrons. The minimum atomic E-state index is -0.439. The normalized spacial score (nSPS) is 10.6. The van der Waals surface area contributed by atoms with Crippen molar-refractivity contribution in [1.29, 1.82) is 0 Å². The van der Waals surface area contributed by atoms with E-state index in [0.29, 0.717) is 23.7 Å².